The standard InChI is InChI=1S/C11H14N2O2/c1-9(12-2)7-8-10-5-3-4-6-11(10)13(14)15/h3-9,12H,1-2H3/b8-7+. The second kappa shape index (κ2) is 5.26. The Balaban J connectivity index is 2.94. The van der Waals surface area contributed by atoms with E-state index in [9.17, 15) is 10.1 Å². The quantitative estimate of drug-likeness (QED) is 0.607. The highest BCUT2D eigenvalue weighted by Crippen LogP contribution is 2.18. The molecule has 0 aromatic heterocycles. The van der Waals surface area contributed by atoms with E-state index in [1.807, 2.05) is 20.0 Å². The van der Waals surface area contributed by atoms with Crippen molar-refractivity contribution in [3.05, 3.63) is 46.0 Å². The van der Waals surface area contributed by atoms with Gasteiger partial charge in [-0.05, 0) is 20.0 Å². The summed E-state index contributed by atoms with van der Waals surface area (Å²) >= 11 is 0. The van der Waals surface area contributed by atoms with Gasteiger partial charge in [0.1, 0.15) is 0 Å². The normalized spacial score (nSPS) is 12.9. The Morgan fingerprint density at radius 2 is 2.13 bits per heavy atom. The summed E-state index contributed by atoms with van der Waals surface area (Å²) in [6, 6.07) is 6.89. The smallest absolute Gasteiger partial charge is 0.276 e. The lowest BCUT2D eigenvalue weighted by Crippen LogP contribution is -2.17. The number of nitrogens with zero attached hydrogens (tertiary/aromatic N) is 1. The van der Waals surface area contributed by atoms with E-state index >= 15 is 0 Å². The number of rotatable bonds is 4. The maximum absolute atomic E-state index is 10.7. The van der Waals surface area contributed by atoms with Gasteiger partial charge in [-0.3, -0.25) is 10.1 Å². The number of nitro benzene ring substituents is 1. The summed E-state index contributed by atoms with van der Waals surface area (Å²) < 4.78 is 0. The second-order valence-corrected chi connectivity index (χ2v) is 3.25. The summed E-state index contributed by atoms with van der Waals surface area (Å²) in [6.45, 7) is 1.98. The molecule has 0 radical (unpaired) electrons. The van der Waals surface area contributed by atoms with Crippen LogP contribution in [0.4, 0.5) is 5.69 Å². The van der Waals surface area contributed by atoms with E-state index in [2.05, 4.69) is 5.32 Å². The number of para-hydroxylation sites is 1. The fourth-order valence-corrected chi connectivity index (χ4v) is 1.14. The van der Waals surface area contributed by atoms with Gasteiger partial charge in [0.05, 0.1) is 10.5 Å². The van der Waals surface area contributed by atoms with Crippen molar-refractivity contribution in [2.24, 2.45) is 0 Å². The largest absolute Gasteiger partial charge is 0.314 e. The minimum atomic E-state index is -0.371. The van der Waals surface area contributed by atoms with Crippen LogP contribution in [0.2, 0.25) is 0 Å². The summed E-state index contributed by atoms with van der Waals surface area (Å²) in [5, 5.41) is 13.7. The van der Waals surface area contributed by atoms with Gasteiger partial charge in [0.2, 0.25) is 0 Å². The van der Waals surface area contributed by atoms with E-state index in [1.54, 1.807) is 24.3 Å². The molecular formula is C11H14N2O2. The van der Waals surface area contributed by atoms with Crippen LogP contribution in [0.15, 0.2) is 30.3 Å². The van der Waals surface area contributed by atoms with Crippen molar-refractivity contribution in [1.29, 1.82) is 0 Å². The molecule has 1 unspecified atom stereocenters. The number of benzene rings is 1. The molecule has 0 aliphatic heterocycles. The van der Waals surface area contributed by atoms with Crippen LogP contribution >= 0.6 is 0 Å². The molecule has 4 heteroatoms. The Morgan fingerprint density at radius 3 is 2.73 bits per heavy atom. The average molecular weight is 206 g/mol. The summed E-state index contributed by atoms with van der Waals surface area (Å²) in [6.07, 6.45) is 3.65. The molecule has 0 saturated carbocycles. The molecule has 1 rings (SSSR count). The fraction of sp³-hybridized carbons (Fsp3) is 0.273. The molecule has 0 aliphatic carbocycles. The van der Waals surface area contributed by atoms with Gasteiger partial charge in [-0.1, -0.05) is 24.3 Å². The zero-order valence-corrected chi connectivity index (χ0v) is 8.81. The molecule has 0 saturated heterocycles. The van der Waals surface area contributed by atoms with Crippen LogP contribution in [0.3, 0.4) is 0 Å². The van der Waals surface area contributed by atoms with Gasteiger partial charge < -0.3 is 5.32 Å². The van der Waals surface area contributed by atoms with Crippen molar-refractivity contribution in [1.82, 2.24) is 5.32 Å². The second-order valence-electron chi connectivity index (χ2n) is 3.25. The van der Waals surface area contributed by atoms with Gasteiger partial charge in [0, 0.05) is 12.1 Å². The average Bonchev–Trinajstić information content (AvgIpc) is 2.26. The molecule has 1 atom stereocenters. The van der Waals surface area contributed by atoms with E-state index < -0.39 is 0 Å². The van der Waals surface area contributed by atoms with Crippen molar-refractivity contribution in [2.45, 2.75) is 13.0 Å². The molecule has 15 heavy (non-hydrogen) atoms. The lowest BCUT2D eigenvalue weighted by atomic mass is 10.1. The molecule has 0 heterocycles. The summed E-state index contributed by atoms with van der Waals surface area (Å²) in [7, 11) is 1.84. The van der Waals surface area contributed by atoms with E-state index in [4.69, 9.17) is 0 Å². The first-order valence-electron chi connectivity index (χ1n) is 4.74. The first kappa shape index (κ1) is 11.4. The van der Waals surface area contributed by atoms with Gasteiger partial charge in [-0.2, -0.15) is 0 Å². The monoisotopic (exact) mass is 206 g/mol. The van der Waals surface area contributed by atoms with Crippen LogP contribution in [0, 0.1) is 10.1 Å². The predicted octanol–water partition coefficient (Wildman–Crippen LogP) is 2.22. The molecule has 1 N–H and O–H groups in total. The lowest BCUT2D eigenvalue weighted by molar-refractivity contribution is -0.385. The van der Waals surface area contributed by atoms with E-state index in [0.29, 0.717) is 5.56 Å². The molecule has 0 bridgehead atoms. The Bertz CT molecular complexity index is 375. The topological polar surface area (TPSA) is 55.2 Å². The molecule has 1 aromatic carbocycles. The highest BCUT2D eigenvalue weighted by molar-refractivity contribution is 5.60. The van der Waals surface area contributed by atoms with Gasteiger partial charge >= 0.3 is 0 Å². The molecule has 80 valence electrons. The molecule has 0 amide bonds. The highest BCUT2D eigenvalue weighted by atomic mass is 16.6. The maximum Gasteiger partial charge on any atom is 0.276 e. The van der Waals surface area contributed by atoms with Gasteiger partial charge in [-0.25, -0.2) is 0 Å². The molecule has 4 nitrogen and oxygen atoms in total. The third-order valence-corrected chi connectivity index (χ3v) is 2.15. The van der Waals surface area contributed by atoms with Crippen LogP contribution in [0.25, 0.3) is 6.08 Å². The van der Waals surface area contributed by atoms with E-state index in [0.717, 1.165) is 0 Å². The first-order valence-corrected chi connectivity index (χ1v) is 4.74. The zero-order valence-electron chi connectivity index (χ0n) is 8.81. The Kier molecular flexibility index (Phi) is 4.00. The van der Waals surface area contributed by atoms with Gasteiger partial charge in [0.25, 0.3) is 5.69 Å². The van der Waals surface area contributed by atoms with Crippen molar-refractivity contribution >= 4 is 11.8 Å². The molecule has 0 fully saturated rings. The third-order valence-electron chi connectivity index (χ3n) is 2.15. The van der Waals surface area contributed by atoms with Crippen molar-refractivity contribution < 1.29 is 4.92 Å². The Hall–Kier alpha value is -1.68. The van der Waals surface area contributed by atoms with Gasteiger partial charge in [-0.15, -0.1) is 0 Å². The minimum Gasteiger partial charge on any atom is -0.314 e. The van der Waals surface area contributed by atoms with Crippen molar-refractivity contribution in [3.8, 4) is 0 Å². The Morgan fingerprint density at radius 1 is 1.47 bits per heavy atom. The summed E-state index contributed by atoms with van der Waals surface area (Å²) in [4.78, 5) is 10.3. The number of likely N-dealkylation sites (N-methyl/N-ethyl adjacent to an activating group) is 1. The summed E-state index contributed by atoms with van der Waals surface area (Å²) in [5.74, 6) is 0. The van der Waals surface area contributed by atoms with Crippen LogP contribution < -0.4 is 5.32 Å². The Labute approximate surface area is 88.8 Å². The third kappa shape index (κ3) is 3.18. The van der Waals surface area contributed by atoms with Crippen LogP contribution in [0.5, 0.6) is 0 Å². The predicted molar refractivity (Wildman–Crippen MR) is 60.7 cm³/mol. The number of nitro groups is 1. The van der Waals surface area contributed by atoms with Crippen molar-refractivity contribution in [3.63, 3.8) is 0 Å². The molecular weight excluding hydrogens is 192 g/mol. The number of hydrogen-bond donors (Lipinski definition) is 1. The van der Waals surface area contributed by atoms with Gasteiger partial charge in [0.15, 0.2) is 0 Å². The summed E-state index contributed by atoms with van der Waals surface area (Å²) in [5.41, 5.74) is 0.765. The highest BCUT2D eigenvalue weighted by Gasteiger charge is 2.09. The SMILES string of the molecule is CNC(C)/C=C/c1ccccc1[N+](=O)[O-]. The zero-order chi connectivity index (χ0) is 11.3. The van der Waals surface area contributed by atoms with Crippen molar-refractivity contribution in [2.75, 3.05) is 7.05 Å². The lowest BCUT2D eigenvalue weighted by Gasteiger charge is -2.02. The first-order chi connectivity index (χ1) is 7.15. The number of hydrogen-bond acceptors (Lipinski definition) is 3. The van der Waals surface area contributed by atoms with E-state index in [-0.39, 0.29) is 16.7 Å². The number of nitrogens with one attached hydrogen (secondary N) is 1. The maximum atomic E-state index is 10.7. The molecule has 0 aliphatic rings. The van der Waals surface area contributed by atoms with Crippen LogP contribution in [-0.2, 0) is 0 Å². The van der Waals surface area contributed by atoms with Crippen LogP contribution in [-0.4, -0.2) is 18.0 Å². The van der Waals surface area contributed by atoms with Crippen LogP contribution in [0.1, 0.15) is 12.5 Å². The molecule has 1 aromatic rings. The minimum absolute atomic E-state index is 0.136. The molecule has 0 spiro atoms. The fourth-order valence-electron chi connectivity index (χ4n) is 1.14. The van der Waals surface area contributed by atoms with E-state index in [1.165, 1.54) is 6.07 Å².